The standard InChI is InChI=1S/C13H20N4O4/c1-9-10(7-15-17-9)3-2-5-14-12(20)16-13(11(18)19)4-6-21-8-13/h7H,2-6,8H2,1H3,(H,15,17)(H,18,19)(H2,14,16,20). The van der Waals surface area contributed by atoms with Crippen molar-refractivity contribution >= 4 is 12.0 Å². The van der Waals surface area contributed by atoms with Gasteiger partial charge in [0.2, 0.25) is 0 Å². The summed E-state index contributed by atoms with van der Waals surface area (Å²) in [7, 11) is 0. The predicted octanol–water partition coefficient (Wildman–Crippen LogP) is 0.194. The van der Waals surface area contributed by atoms with Gasteiger partial charge in [-0.2, -0.15) is 5.10 Å². The van der Waals surface area contributed by atoms with E-state index in [1.54, 1.807) is 6.20 Å². The minimum atomic E-state index is -1.30. The van der Waals surface area contributed by atoms with Gasteiger partial charge in [0.15, 0.2) is 5.54 Å². The van der Waals surface area contributed by atoms with Crippen LogP contribution in [0.25, 0.3) is 0 Å². The fourth-order valence-corrected chi connectivity index (χ4v) is 2.26. The van der Waals surface area contributed by atoms with Crippen LogP contribution >= 0.6 is 0 Å². The number of aliphatic carboxylic acids is 1. The van der Waals surface area contributed by atoms with Crippen molar-refractivity contribution in [2.75, 3.05) is 19.8 Å². The molecule has 8 nitrogen and oxygen atoms in total. The van der Waals surface area contributed by atoms with Crippen LogP contribution in [0.15, 0.2) is 6.20 Å². The van der Waals surface area contributed by atoms with Gasteiger partial charge in [-0.3, -0.25) is 5.10 Å². The number of aryl methyl sites for hydroxylation is 2. The summed E-state index contributed by atoms with van der Waals surface area (Å²) in [5, 5.41) is 21.2. The fraction of sp³-hybridized carbons (Fsp3) is 0.615. The zero-order valence-electron chi connectivity index (χ0n) is 11.9. The number of carbonyl (C=O) groups is 2. The van der Waals surface area contributed by atoms with E-state index in [2.05, 4.69) is 20.8 Å². The molecule has 2 heterocycles. The molecule has 0 saturated carbocycles. The summed E-state index contributed by atoms with van der Waals surface area (Å²) in [6, 6.07) is -0.480. The summed E-state index contributed by atoms with van der Waals surface area (Å²) in [6.07, 6.45) is 3.61. The molecule has 4 N–H and O–H groups in total. The van der Waals surface area contributed by atoms with Crippen LogP contribution in [0.1, 0.15) is 24.1 Å². The highest BCUT2D eigenvalue weighted by Gasteiger charge is 2.43. The average Bonchev–Trinajstić information content (AvgIpc) is 3.05. The van der Waals surface area contributed by atoms with Crippen LogP contribution in [0.3, 0.4) is 0 Å². The number of carboxylic acids is 1. The second kappa shape index (κ2) is 6.57. The minimum Gasteiger partial charge on any atom is -0.479 e. The first-order valence-electron chi connectivity index (χ1n) is 6.89. The van der Waals surface area contributed by atoms with E-state index < -0.39 is 17.5 Å². The number of urea groups is 1. The Bertz CT molecular complexity index is 508. The lowest BCUT2D eigenvalue weighted by molar-refractivity contribution is -0.144. The highest BCUT2D eigenvalue weighted by molar-refractivity contribution is 5.86. The molecule has 8 heteroatoms. The third-order valence-electron chi connectivity index (χ3n) is 3.63. The number of hydrogen-bond acceptors (Lipinski definition) is 4. The largest absolute Gasteiger partial charge is 0.479 e. The smallest absolute Gasteiger partial charge is 0.332 e. The molecule has 116 valence electrons. The second-order valence-electron chi connectivity index (χ2n) is 5.19. The number of aromatic amines is 1. The number of ether oxygens (including phenoxy) is 1. The van der Waals surface area contributed by atoms with E-state index in [-0.39, 0.29) is 13.0 Å². The van der Waals surface area contributed by atoms with Crippen molar-refractivity contribution in [1.29, 1.82) is 0 Å². The molecule has 1 aromatic rings. The van der Waals surface area contributed by atoms with Gasteiger partial charge < -0.3 is 20.5 Å². The maximum absolute atomic E-state index is 11.8. The van der Waals surface area contributed by atoms with E-state index in [0.29, 0.717) is 13.2 Å². The summed E-state index contributed by atoms with van der Waals surface area (Å²) >= 11 is 0. The van der Waals surface area contributed by atoms with E-state index in [1.807, 2.05) is 6.92 Å². The van der Waals surface area contributed by atoms with Crippen molar-refractivity contribution in [3.05, 3.63) is 17.5 Å². The van der Waals surface area contributed by atoms with Gasteiger partial charge in [-0.1, -0.05) is 0 Å². The SMILES string of the molecule is Cc1[nH]ncc1CCCNC(=O)NC1(C(=O)O)CCOC1. The highest BCUT2D eigenvalue weighted by atomic mass is 16.5. The lowest BCUT2D eigenvalue weighted by Gasteiger charge is -2.23. The molecule has 0 aliphatic carbocycles. The maximum atomic E-state index is 11.8. The van der Waals surface area contributed by atoms with Crippen LogP contribution in [0.4, 0.5) is 4.79 Å². The minimum absolute atomic E-state index is 0.00394. The van der Waals surface area contributed by atoms with Crippen molar-refractivity contribution < 1.29 is 19.4 Å². The van der Waals surface area contributed by atoms with Crippen LogP contribution < -0.4 is 10.6 Å². The first kappa shape index (κ1) is 15.3. The molecule has 0 aromatic carbocycles. The molecular formula is C13H20N4O4. The fourth-order valence-electron chi connectivity index (χ4n) is 2.26. The average molecular weight is 296 g/mol. The lowest BCUT2D eigenvalue weighted by atomic mass is 9.99. The molecular weight excluding hydrogens is 276 g/mol. The zero-order chi connectivity index (χ0) is 15.3. The van der Waals surface area contributed by atoms with Gasteiger partial charge in [0, 0.05) is 25.3 Å². The van der Waals surface area contributed by atoms with Gasteiger partial charge in [0.05, 0.1) is 12.8 Å². The number of carboxylic acid groups (broad SMARTS) is 1. The van der Waals surface area contributed by atoms with Gasteiger partial charge in [-0.25, -0.2) is 9.59 Å². The van der Waals surface area contributed by atoms with E-state index in [1.165, 1.54) is 0 Å². The van der Waals surface area contributed by atoms with Crippen LogP contribution in [0.2, 0.25) is 0 Å². The van der Waals surface area contributed by atoms with Gasteiger partial charge in [0.1, 0.15) is 0 Å². The van der Waals surface area contributed by atoms with Crippen molar-refractivity contribution in [1.82, 2.24) is 20.8 Å². The molecule has 1 aliphatic heterocycles. The molecule has 1 aromatic heterocycles. The van der Waals surface area contributed by atoms with Crippen LogP contribution in [-0.2, 0) is 16.0 Å². The Labute approximate surface area is 122 Å². The number of H-pyrrole nitrogens is 1. The Hall–Kier alpha value is -2.09. The van der Waals surface area contributed by atoms with Crippen molar-refractivity contribution in [2.45, 2.75) is 31.7 Å². The van der Waals surface area contributed by atoms with Gasteiger partial charge in [0.25, 0.3) is 0 Å². The van der Waals surface area contributed by atoms with Crippen molar-refractivity contribution in [3.63, 3.8) is 0 Å². The number of hydrogen-bond donors (Lipinski definition) is 4. The number of rotatable bonds is 6. The molecule has 0 bridgehead atoms. The molecule has 1 unspecified atom stereocenters. The zero-order valence-corrected chi connectivity index (χ0v) is 11.9. The Morgan fingerprint density at radius 1 is 1.57 bits per heavy atom. The maximum Gasteiger partial charge on any atom is 0.332 e. The Balaban J connectivity index is 1.72. The van der Waals surface area contributed by atoms with Gasteiger partial charge >= 0.3 is 12.0 Å². The summed E-state index contributed by atoms with van der Waals surface area (Å²) in [5.41, 5.74) is 0.835. The highest BCUT2D eigenvalue weighted by Crippen LogP contribution is 2.18. The molecule has 1 fully saturated rings. The van der Waals surface area contributed by atoms with Crippen LogP contribution in [-0.4, -0.2) is 52.6 Å². The number of aromatic nitrogens is 2. The van der Waals surface area contributed by atoms with E-state index in [0.717, 1.165) is 24.1 Å². The first-order chi connectivity index (χ1) is 10.0. The monoisotopic (exact) mass is 296 g/mol. The molecule has 0 radical (unpaired) electrons. The molecule has 1 aliphatic rings. The molecule has 2 amide bonds. The third-order valence-corrected chi connectivity index (χ3v) is 3.63. The molecule has 2 rings (SSSR count). The van der Waals surface area contributed by atoms with E-state index >= 15 is 0 Å². The van der Waals surface area contributed by atoms with Crippen molar-refractivity contribution in [3.8, 4) is 0 Å². The quantitative estimate of drug-likeness (QED) is 0.559. The van der Waals surface area contributed by atoms with Crippen LogP contribution in [0.5, 0.6) is 0 Å². The summed E-state index contributed by atoms with van der Waals surface area (Å²) in [6.45, 7) is 2.75. The Morgan fingerprint density at radius 3 is 2.95 bits per heavy atom. The molecule has 1 atom stereocenters. The van der Waals surface area contributed by atoms with E-state index in [9.17, 15) is 14.7 Å². The second-order valence-corrected chi connectivity index (χ2v) is 5.19. The first-order valence-corrected chi connectivity index (χ1v) is 6.89. The van der Waals surface area contributed by atoms with Gasteiger partial charge in [-0.05, 0) is 25.3 Å². The topological polar surface area (TPSA) is 116 Å². The summed E-state index contributed by atoms with van der Waals surface area (Å²) in [4.78, 5) is 23.0. The number of carbonyl (C=O) groups excluding carboxylic acids is 1. The van der Waals surface area contributed by atoms with E-state index in [4.69, 9.17) is 4.74 Å². The normalized spacial score (nSPS) is 21.2. The number of amides is 2. The third kappa shape index (κ3) is 3.72. The molecule has 0 spiro atoms. The number of nitrogens with one attached hydrogen (secondary N) is 3. The van der Waals surface area contributed by atoms with Crippen molar-refractivity contribution in [2.24, 2.45) is 0 Å². The Kier molecular flexibility index (Phi) is 4.79. The van der Waals surface area contributed by atoms with Crippen LogP contribution in [0, 0.1) is 6.92 Å². The van der Waals surface area contributed by atoms with Gasteiger partial charge in [-0.15, -0.1) is 0 Å². The molecule has 21 heavy (non-hydrogen) atoms. The summed E-state index contributed by atoms with van der Waals surface area (Å²) < 4.78 is 5.08. The summed E-state index contributed by atoms with van der Waals surface area (Å²) in [5.74, 6) is -1.07. The lowest BCUT2D eigenvalue weighted by Crippen LogP contribution is -2.57. The number of nitrogens with zero attached hydrogens (tertiary/aromatic N) is 1. The Morgan fingerprint density at radius 2 is 2.38 bits per heavy atom. The predicted molar refractivity (Wildman–Crippen MR) is 74.0 cm³/mol. The molecule has 1 saturated heterocycles.